The van der Waals surface area contributed by atoms with E-state index in [4.69, 9.17) is 0 Å². The smallest absolute Gasteiger partial charge is 0.135 e. The maximum atomic E-state index is 11.1. The van der Waals surface area contributed by atoms with Crippen LogP contribution in [0.3, 0.4) is 0 Å². The minimum atomic E-state index is -0.410. The van der Waals surface area contributed by atoms with E-state index in [1.807, 2.05) is 12.1 Å². The average molecular weight is 458 g/mol. The van der Waals surface area contributed by atoms with Crippen LogP contribution in [-0.2, 0) is 18.4 Å². The second-order valence-electron chi connectivity index (χ2n) is 10.5. The Balaban J connectivity index is 1.27. The second-order valence-corrected chi connectivity index (χ2v) is 10.5. The zero-order chi connectivity index (χ0) is 23.7. The van der Waals surface area contributed by atoms with Crippen molar-refractivity contribution in [2.75, 3.05) is 29.9 Å². The summed E-state index contributed by atoms with van der Waals surface area (Å²) < 4.78 is 0. The molecule has 5 rings (SSSR count). The number of hydrogen-bond donors (Lipinski definition) is 2. The fraction of sp³-hybridized carbons (Fsp3) is 0.429. The minimum Gasteiger partial charge on any atom is -0.390 e. The van der Waals surface area contributed by atoms with Gasteiger partial charge in [-0.15, -0.1) is 0 Å². The Labute approximate surface area is 202 Å². The SMILES string of the molecule is CC(C)(C)c1ccccc1Nc1cc(N2CCC(N3CCc4ccccc4C3)[C@@H](O)C2)ncn1. The Morgan fingerprint density at radius 1 is 0.971 bits per heavy atom. The van der Waals surface area contributed by atoms with Gasteiger partial charge < -0.3 is 15.3 Å². The van der Waals surface area contributed by atoms with Gasteiger partial charge in [0.15, 0.2) is 0 Å². The number of aromatic nitrogens is 2. The molecule has 6 heteroatoms. The fourth-order valence-corrected chi connectivity index (χ4v) is 5.33. The Bertz CT molecular complexity index is 1140. The molecule has 1 unspecified atom stereocenters. The quantitative estimate of drug-likeness (QED) is 0.601. The minimum absolute atomic E-state index is 0.0282. The van der Waals surface area contributed by atoms with Gasteiger partial charge in [-0.2, -0.15) is 0 Å². The van der Waals surface area contributed by atoms with E-state index < -0.39 is 6.10 Å². The molecule has 0 aliphatic carbocycles. The Morgan fingerprint density at radius 3 is 2.53 bits per heavy atom. The average Bonchev–Trinajstić information content (AvgIpc) is 2.83. The number of nitrogens with zero attached hydrogens (tertiary/aromatic N) is 4. The van der Waals surface area contributed by atoms with Crippen LogP contribution in [0.4, 0.5) is 17.3 Å². The molecule has 1 saturated heterocycles. The van der Waals surface area contributed by atoms with Crippen LogP contribution in [0.25, 0.3) is 0 Å². The van der Waals surface area contributed by atoms with Crippen LogP contribution in [0.5, 0.6) is 0 Å². The van der Waals surface area contributed by atoms with Crippen molar-refractivity contribution in [3.8, 4) is 0 Å². The van der Waals surface area contributed by atoms with Crippen molar-refractivity contribution in [2.24, 2.45) is 0 Å². The molecule has 3 aromatic rings. The number of nitrogens with one attached hydrogen (secondary N) is 1. The van der Waals surface area contributed by atoms with Crippen molar-refractivity contribution < 1.29 is 5.11 Å². The molecule has 34 heavy (non-hydrogen) atoms. The van der Waals surface area contributed by atoms with Crippen molar-refractivity contribution in [1.82, 2.24) is 14.9 Å². The van der Waals surface area contributed by atoms with Crippen LogP contribution in [0.15, 0.2) is 60.9 Å². The topological polar surface area (TPSA) is 64.5 Å². The van der Waals surface area contributed by atoms with Gasteiger partial charge in [-0.05, 0) is 41.0 Å². The van der Waals surface area contributed by atoms with E-state index in [9.17, 15) is 5.11 Å². The predicted molar refractivity (Wildman–Crippen MR) is 138 cm³/mol. The molecule has 0 spiro atoms. The lowest BCUT2D eigenvalue weighted by Gasteiger charge is -2.43. The molecule has 1 fully saturated rings. The first-order valence-electron chi connectivity index (χ1n) is 12.3. The van der Waals surface area contributed by atoms with Crippen molar-refractivity contribution in [2.45, 2.75) is 57.7 Å². The lowest BCUT2D eigenvalue weighted by atomic mass is 9.86. The summed E-state index contributed by atoms with van der Waals surface area (Å²) in [5.41, 5.74) is 5.17. The van der Waals surface area contributed by atoms with Gasteiger partial charge in [0.1, 0.15) is 18.0 Å². The number of para-hydroxylation sites is 1. The number of rotatable bonds is 4. The van der Waals surface area contributed by atoms with Crippen LogP contribution in [0, 0.1) is 0 Å². The maximum Gasteiger partial charge on any atom is 0.135 e. The van der Waals surface area contributed by atoms with Gasteiger partial charge in [-0.3, -0.25) is 4.90 Å². The first-order chi connectivity index (χ1) is 16.4. The molecule has 0 bridgehead atoms. The maximum absolute atomic E-state index is 11.1. The van der Waals surface area contributed by atoms with Gasteiger partial charge in [0, 0.05) is 44.0 Å². The number of fused-ring (bicyclic) bond motifs is 1. The molecule has 3 heterocycles. The number of β-amino-alcohol motifs (C(OH)–C–C–N with tert-alkyl or cyclic N) is 1. The largest absolute Gasteiger partial charge is 0.390 e. The standard InChI is InChI=1S/C28H35N5O/c1-28(2,3)22-10-6-7-11-23(22)31-26-16-27(30-19-29-26)33-15-13-24(25(34)18-33)32-14-12-20-8-4-5-9-21(20)17-32/h4-11,16,19,24-25,34H,12-15,17-18H2,1-3H3,(H,29,30,31)/t24?,25-/m0/s1. The van der Waals surface area contributed by atoms with E-state index in [0.717, 1.165) is 49.8 Å². The van der Waals surface area contributed by atoms with E-state index >= 15 is 0 Å². The zero-order valence-corrected chi connectivity index (χ0v) is 20.4. The predicted octanol–water partition coefficient (Wildman–Crippen LogP) is 4.52. The lowest BCUT2D eigenvalue weighted by molar-refractivity contribution is 0.0293. The molecule has 178 valence electrons. The highest BCUT2D eigenvalue weighted by Crippen LogP contribution is 2.32. The van der Waals surface area contributed by atoms with E-state index in [-0.39, 0.29) is 11.5 Å². The van der Waals surface area contributed by atoms with Crippen LogP contribution >= 0.6 is 0 Å². The molecule has 0 saturated carbocycles. The highest BCUT2D eigenvalue weighted by molar-refractivity contribution is 5.64. The molecule has 2 atom stereocenters. The van der Waals surface area contributed by atoms with E-state index in [2.05, 4.69) is 88.3 Å². The number of benzene rings is 2. The first kappa shape index (κ1) is 22.8. The number of aliphatic hydroxyl groups is 1. The van der Waals surface area contributed by atoms with Gasteiger partial charge >= 0.3 is 0 Å². The van der Waals surface area contributed by atoms with Gasteiger partial charge in [-0.25, -0.2) is 9.97 Å². The summed E-state index contributed by atoms with van der Waals surface area (Å²) in [4.78, 5) is 13.6. The van der Waals surface area contributed by atoms with Crippen LogP contribution in [0.1, 0.15) is 43.9 Å². The summed E-state index contributed by atoms with van der Waals surface area (Å²) in [5, 5.41) is 14.6. The summed E-state index contributed by atoms with van der Waals surface area (Å²) in [6.07, 6.45) is 3.17. The monoisotopic (exact) mass is 457 g/mol. The number of hydrogen-bond acceptors (Lipinski definition) is 6. The van der Waals surface area contributed by atoms with Gasteiger partial charge in [0.2, 0.25) is 0 Å². The summed E-state index contributed by atoms with van der Waals surface area (Å²) in [7, 11) is 0. The van der Waals surface area contributed by atoms with Gasteiger partial charge in [-0.1, -0.05) is 63.2 Å². The third-order valence-corrected chi connectivity index (χ3v) is 7.15. The van der Waals surface area contributed by atoms with Crippen LogP contribution in [0.2, 0.25) is 0 Å². The first-order valence-corrected chi connectivity index (χ1v) is 12.3. The Kier molecular flexibility index (Phi) is 6.28. The number of aliphatic hydroxyl groups excluding tert-OH is 1. The fourth-order valence-electron chi connectivity index (χ4n) is 5.33. The molecule has 2 N–H and O–H groups in total. The molecule has 1 aromatic heterocycles. The van der Waals surface area contributed by atoms with Crippen molar-refractivity contribution in [3.63, 3.8) is 0 Å². The van der Waals surface area contributed by atoms with Gasteiger partial charge in [0.25, 0.3) is 0 Å². The van der Waals surface area contributed by atoms with E-state index in [0.29, 0.717) is 6.54 Å². The molecular weight excluding hydrogens is 422 g/mol. The molecule has 0 radical (unpaired) electrons. The molecule has 6 nitrogen and oxygen atoms in total. The van der Waals surface area contributed by atoms with E-state index in [1.54, 1.807) is 6.33 Å². The molecule has 2 aliphatic rings. The van der Waals surface area contributed by atoms with Crippen LogP contribution in [-0.4, -0.2) is 51.8 Å². The van der Waals surface area contributed by atoms with Crippen molar-refractivity contribution in [3.05, 3.63) is 77.6 Å². The summed E-state index contributed by atoms with van der Waals surface area (Å²) in [5.74, 6) is 1.62. The van der Waals surface area contributed by atoms with Crippen molar-refractivity contribution >= 4 is 17.3 Å². The normalized spacial score (nSPS) is 21.2. The highest BCUT2D eigenvalue weighted by atomic mass is 16.3. The Hall–Kier alpha value is -2.96. The van der Waals surface area contributed by atoms with Crippen LogP contribution < -0.4 is 10.2 Å². The molecule has 2 aliphatic heterocycles. The zero-order valence-electron chi connectivity index (χ0n) is 20.4. The highest BCUT2D eigenvalue weighted by Gasteiger charge is 2.34. The summed E-state index contributed by atoms with van der Waals surface area (Å²) in [6.45, 7) is 10.0. The molecular formula is C28H35N5O. The Morgan fingerprint density at radius 2 is 1.74 bits per heavy atom. The van der Waals surface area contributed by atoms with Crippen molar-refractivity contribution in [1.29, 1.82) is 0 Å². The van der Waals surface area contributed by atoms with E-state index in [1.165, 1.54) is 16.7 Å². The number of piperidine rings is 1. The summed E-state index contributed by atoms with van der Waals surface area (Å²) >= 11 is 0. The molecule has 2 aromatic carbocycles. The summed E-state index contributed by atoms with van der Waals surface area (Å²) in [6, 6.07) is 19.2. The molecule has 0 amide bonds. The third kappa shape index (κ3) is 4.79. The van der Waals surface area contributed by atoms with Gasteiger partial charge in [0.05, 0.1) is 6.10 Å². The second kappa shape index (κ2) is 9.35. The third-order valence-electron chi connectivity index (χ3n) is 7.15. The lowest BCUT2D eigenvalue weighted by Crippen LogP contribution is -2.55. The number of anilines is 3.